The maximum atomic E-state index is 12.9. The van der Waals surface area contributed by atoms with Gasteiger partial charge in [0.05, 0.1) is 195 Å². The van der Waals surface area contributed by atoms with Gasteiger partial charge in [0.1, 0.15) is 24.5 Å². The monoisotopic (exact) mass is 1330 g/mol. The largest absolute Gasteiger partial charge is 0.391 e. The maximum absolute atomic E-state index is 12.9. The Kier molecular flexibility index (Phi) is 42.7. The summed E-state index contributed by atoms with van der Waals surface area (Å²) in [4.78, 5) is 48.6. The number of benzene rings is 1. The molecule has 526 valence electrons. The number of nitrogens with one attached hydrogen (secondary N) is 5. The molecule has 31 heteroatoms. The summed E-state index contributed by atoms with van der Waals surface area (Å²) in [6, 6.07) is 6.42. The van der Waals surface area contributed by atoms with E-state index in [0.717, 1.165) is 56.3 Å². The Hall–Kier alpha value is -4.33. The van der Waals surface area contributed by atoms with E-state index < -0.39 is 55.2 Å². The second-order valence-electron chi connectivity index (χ2n) is 21.9. The highest BCUT2D eigenvalue weighted by Gasteiger charge is 2.45. The first-order valence-corrected chi connectivity index (χ1v) is 33.4. The molecule has 4 heterocycles. The molecule has 1 aromatic heterocycles. The number of ether oxygens (including phenoxy) is 14. The minimum absolute atomic E-state index is 0.00603. The third-order valence-corrected chi connectivity index (χ3v) is 16.3. The van der Waals surface area contributed by atoms with Crippen LogP contribution < -0.4 is 26.6 Å². The molecular formula is C61H104N8O22S. The highest BCUT2D eigenvalue weighted by atomic mass is 32.2. The molecule has 0 spiro atoms. The zero-order chi connectivity index (χ0) is 65.5. The summed E-state index contributed by atoms with van der Waals surface area (Å²) < 4.78 is 79.6. The normalized spacial score (nSPS) is 20.2. The van der Waals surface area contributed by atoms with Crippen molar-refractivity contribution in [3.8, 4) is 11.3 Å². The molecule has 5 amide bonds. The van der Waals surface area contributed by atoms with Crippen molar-refractivity contribution in [3.05, 3.63) is 36.0 Å². The Morgan fingerprint density at radius 3 is 1.76 bits per heavy atom. The molecule has 2 aromatic rings. The molecule has 3 fully saturated rings. The fourth-order valence-electron chi connectivity index (χ4n) is 9.83. The van der Waals surface area contributed by atoms with Crippen molar-refractivity contribution in [2.24, 2.45) is 0 Å². The zero-order valence-electron chi connectivity index (χ0n) is 53.5. The molecule has 1 aromatic carbocycles. The van der Waals surface area contributed by atoms with Crippen LogP contribution in [0.4, 0.5) is 4.79 Å². The first-order chi connectivity index (χ1) is 45.0. The number of urea groups is 1. The molecule has 0 unspecified atom stereocenters. The van der Waals surface area contributed by atoms with E-state index in [1.54, 1.807) is 30.1 Å². The highest BCUT2D eigenvalue weighted by Crippen LogP contribution is 2.33. The van der Waals surface area contributed by atoms with Crippen molar-refractivity contribution in [2.75, 3.05) is 191 Å². The van der Waals surface area contributed by atoms with Crippen LogP contribution in [0, 0.1) is 0 Å². The summed E-state index contributed by atoms with van der Waals surface area (Å²) in [5.74, 6) is -0.231. The van der Waals surface area contributed by atoms with Crippen LogP contribution in [-0.4, -0.2) is 304 Å². The first-order valence-electron chi connectivity index (χ1n) is 32.3. The number of aliphatic hydroxyl groups is 4. The predicted molar refractivity (Wildman–Crippen MR) is 335 cm³/mol. The van der Waals surface area contributed by atoms with Gasteiger partial charge in [-0.1, -0.05) is 48.7 Å². The number of carbonyl (C=O) groups excluding carboxylic acids is 4. The van der Waals surface area contributed by atoms with Crippen molar-refractivity contribution in [1.29, 1.82) is 0 Å². The van der Waals surface area contributed by atoms with Crippen LogP contribution >= 0.6 is 11.8 Å². The van der Waals surface area contributed by atoms with E-state index in [1.807, 2.05) is 23.9 Å². The number of unbranched alkanes of at least 4 members (excludes halogenated alkanes) is 4. The summed E-state index contributed by atoms with van der Waals surface area (Å²) in [5.41, 5.74) is 2.13. The molecule has 9 atom stereocenters. The molecule has 3 saturated heterocycles. The van der Waals surface area contributed by atoms with Gasteiger partial charge in [-0.3, -0.25) is 14.4 Å². The number of amides is 5. The second kappa shape index (κ2) is 50.1. The van der Waals surface area contributed by atoms with Crippen LogP contribution in [0.15, 0.2) is 30.5 Å². The number of thioether (sulfide) groups is 1. The quantitative estimate of drug-likeness (QED) is 0.0298. The van der Waals surface area contributed by atoms with Gasteiger partial charge in [0.15, 0.2) is 6.29 Å². The van der Waals surface area contributed by atoms with E-state index >= 15 is 0 Å². The average Bonchev–Trinajstić information content (AvgIpc) is 1.27. The first kappa shape index (κ1) is 78.4. The van der Waals surface area contributed by atoms with Crippen molar-refractivity contribution in [2.45, 2.75) is 125 Å². The lowest BCUT2D eigenvalue weighted by Gasteiger charge is -2.42. The van der Waals surface area contributed by atoms with Gasteiger partial charge < -0.3 is 113 Å². The van der Waals surface area contributed by atoms with Gasteiger partial charge in [-0.05, 0) is 31.2 Å². The summed E-state index contributed by atoms with van der Waals surface area (Å²) in [7, 11) is 1.65. The Labute approximate surface area is 544 Å². The standard InChI is InChI=1S/C61H104N8O22S/c1-78-16-6-2-3-7-17-90-56-41-50(71)58(65-55(75)44-70)60(91-56)59(76)51(72)42-63-54(74)40-46-10-12-47(13-11-46)48-43-69(68-67-48)15-19-80-21-23-82-25-27-84-29-31-86-33-35-88-37-39-89-38-36-87-34-32-85-30-28-83-26-24-81-22-20-79-18-14-62-53(73)9-5-4-8-52-57-49(45-92-52)64-61(77)66-57/h10-13,43,49-52,56-60,70-72,76H,2-9,14-42,44-45H2,1H3,(H,62,73)(H,63,74)(H,65,75)(H2,64,66,77)/t49-,50-,51+,52-,56+,57-,58+,59+,60+/m0/s1. The lowest BCUT2D eigenvalue weighted by Crippen LogP contribution is -2.63. The van der Waals surface area contributed by atoms with Gasteiger partial charge in [-0.2, -0.15) is 11.8 Å². The molecule has 3 aliphatic rings. The molecule has 0 aliphatic carbocycles. The molecule has 0 bridgehead atoms. The smallest absolute Gasteiger partial charge is 0.315 e. The van der Waals surface area contributed by atoms with Crippen molar-refractivity contribution in [3.63, 3.8) is 0 Å². The maximum Gasteiger partial charge on any atom is 0.315 e. The second-order valence-corrected chi connectivity index (χ2v) is 23.2. The molecule has 3 aliphatic heterocycles. The SMILES string of the molecule is COCCCCCCO[C@H]1C[C@H](O)[C@@H](NC(=O)CO)[C@H]([C@H](O)[C@H](O)CNC(=O)Cc2ccc(-c3cn(CCOCCOCCOCCOCCOCCOCCOCCOCCOCCOCCOCCNC(=O)CCCC[C@@H]4SC[C@@H]5NC(=O)N[C@@H]54)nn3)cc2)O1. The lowest BCUT2D eigenvalue weighted by molar-refractivity contribution is -0.252. The van der Waals surface area contributed by atoms with Crippen LogP contribution in [0.25, 0.3) is 11.3 Å². The number of methoxy groups -OCH3 is 1. The van der Waals surface area contributed by atoms with Gasteiger partial charge in [-0.15, -0.1) is 5.10 Å². The molecule has 0 radical (unpaired) electrons. The molecule has 0 saturated carbocycles. The highest BCUT2D eigenvalue weighted by molar-refractivity contribution is 8.00. The fourth-order valence-corrected chi connectivity index (χ4v) is 11.4. The van der Waals surface area contributed by atoms with E-state index in [1.165, 1.54) is 0 Å². The van der Waals surface area contributed by atoms with Crippen LogP contribution in [0.5, 0.6) is 0 Å². The minimum atomic E-state index is -1.64. The molecular weight excluding hydrogens is 1230 g/mol. The average molecular weight is 1330 g/mol. The van der Waals surface area contributed by atoms with Crippen molar-refractivity contribution in [1.82, 2.24) is 41.6 Å². The van der Waals surface area contributed by atoms with Gasteiger partial charge >= 0.3 is 6.03 Å². The number of aliphatic hydroxyl groups excluding tert-OH is 4. The van der Waals surface area contributed by atoms with E-state index in [2.05, 4.69) is 36.9 Å². The molecule has 30 nitrogen and oxygen atoms in total. The number of hydrogen-bond donors (Lipinski definition) is 9. The van der Waals surface area contributed by atoms with E-state index in [9.17, 15) is 39.6 Å². The number of hydrogen-bond acceptors (Lipinski definition) is 25. The number of rotatable bonds is 58. The third-order valence-electron chi connectivity index (χ3n) is 14.8. The number of carbonyl (C=O) groups is 4. The van der Waals surface area contributed by atoms with E-state index in [0.29, 0.717) is 195 Å². The summed E-state index contributed by atoms with van der Waals surface area (Å²) in [6.07, 6.45) is 1.97. The van der Waals surface area contributed by atoms with Gasteiger partial charge in [-0.25, -0.2) is 9.48 Å². The molecule has 5 rings (SSSR count). The van der Waals surface area contributed by atoms with Gasteiger partial charge in [0.2, 0.25) is 17.7 Å². The Bertz CT molecular complexity index is 2240. The van der Waals surface area contributed by atoms with Crippen LogP contribution in [0.2, 0.25) is 0 Å². The number of nitrogens with zero attached hydrogens (tertiary/aromatic N) is 3. The van der Waals surface area contributed by atoms with Gasteiger partial charge in [0.25, 0.3) is 0 Å². The fraction of sp³-hybridized carbons (Fsp3) is 0.803. The number of fused-ring (bicyclic) bond motifs is 1. The van der Waals surface area contributed by atoms with E-state index in [-0.39, 0.29) is 43.4 Å². The van der Waals surface area contributed by atoms with Crippen molar-refractivity contribution < 1.29 is 106 Å². The van der Waals surface area contributed by atoms with Gasteiger partial charge in [0, 0.05) is 62.8 Å². The summed E-state index contributed by atoms with van der Waals surface area (Å²) in [6.45, 7) is 10.5. The summed E-state index contributed by atoms with van der Waals surface area (Å²) in [5, 5.41) is 65.0. The third kappa shape index (κ3) is 34.4. The Morgan fingerprint density at radius 1 is 0.663 bits per heavy atom. The zero-order valence-corrected chi connectivity index (χ0v) is 54.4. The van der Waals surface area contributed by atoms with Crippen LogP contribution in [-0.2, 0) is 93.7 Å². The topological polar surface area (TPSA) is 369 Å². The van der Waals surface area contributed by atoms with Crippen LogP contribution in [0.3, 0.4) is 0 Å². The number of aromatic nitrogens is 3. The minimum Gasteiger partial charge on any atom is -0.391 e. The molecule has 92 heavy (non-hydrogen) atoms. The predicted octanol–water partition coefficient (Wildman–Crippen LogP) is -0.473. The Balaban J connectivity index is 0.721. The molecule has 9 N–H and O–H groups in total. The van der Waals surface area contributed by atoms with E-state index in [4.69, 9.17) is 66.3 Å². The van der Waals surface area contributed by atoms with Crippen LogP contribution in [0.1, 0.15) is 63.4 Å². The Morgan fingerprint density at radius 2 is 1.21 bits per heavy atom. The summed E-state index contributed by atoms with van der Waals surface area (Å²) >= 11 is 1.89. The lowest BCUT2D eigenvalue weighted by atomic mass is 9.92. The van der Waals surface area contributed by atoms with Crippen molar-refractivity contribution >= 4 is 35.5 Å².